The first-order valence-corrected chi connectivity index (χ1v) is 4.16. The molecule has 1 saturated carbocycles. The summed E-state index contributed by atoms with van der Waals surface area (Å²) in [7, 11) is 0. The van der Waals surface area contributed by atoms with Crippen molar-refractivity contribution in [1.82, 2.24) is 0 Å². The molecule has 1 aromatic rings. The molecular formula is C9H11Cl2N. The minimum Gasteiger partial charge on any atom is -0.327 e. The van der Waals surface area contributed by atoms with Crippen LogP contribution >= 0.6 is 24.0 Å². The van der Waals surface area contributed by atoms with Crippen molar-refractivity contribution >= 4 is 24.0 Å². The molecule has 2 atom stereocenters. The first kappa shape index (κ1) is 9.85. The van der Waals surface area contributed by atoms with Gasteiger partial charge in [0.05, 0.1) is 0 Å². The predicted molar refractivity (Wildman–Crippen MR) is 54.0 cm³/mol. The van der Waals surface area contributed by atoms with E-state index in [1.165, 1.54) is 5.56 Å². The van der Waals surface area contributed by atoms with E-state index in [0.717, 1.165) is 11.4 Å². The Hall–Kier alpha value is -0.240. The minimum absolute atomic E-state index is 0. The Morgan fingerprint density at radius 3 is 2.17 bits per heavy atom. The summed E-state index contributed by atoms with van der Waals surface area (Å²) in [5, 5.41) is 0.794. The van der Waals surface area contributed by atoms with Gasteiger partial charge in [0.25, 0.3) is 0 Å². The summed E-state index contributed by atoms with van der Waals surface area (Å²) in [5.41, 5.74) is 7.02. The molecule has 0 bridgehead atoms. The molecule has 0 amide bonds. The second-order valence-electron chi connectivity index (χ2n) is 3.06. The summed E-state index contributed by atoms with van der Waals surface area (Å²) in [6.07, 6.45) is 1.13. The Morgan fingerprint density at radius 2 is 1.75 bits per heavy atom. The number of benzene rings is 1. The van der Waals surface area contributed by atoms with E-state index in [-0.39, 0.29) is 12.4 Å². The van der Waals surface area contributed by atoms with Gasteiger partial charge in [-0.05, 0) is 24.1 Å². The Balaban J connectivity index is 0.000000720. The van der Waals surface area contributed by atoms with Crippen molar-refractivity contribution in [2.24, 2.45) is 5.73 Å². The Labute approximate surface area is 83.3 Å². The highest BCUT2D eigenvalue weighted by molar-refractivity contribution is 6.30. The van der Waals surface area contributed by atoms with Gasteiger partial charge in [0.2, 0.25) is 0 Å². The molecule has 0 heterocycles. The fraction of sp³-hybridized carbons (Fsp3) is 0.333. The number of hydrogen-bond donors (Lipinski definition) is 1. The molecule has 2 N–H and O–H groups in total. The maximum absolute atomic E-state index is 5.74. The van der Waals surface area contributed by atoms with Crippen LogP contribution < -0.4 is 5.73 Å². The lowest BCUT2D eigenvalue weighted by atomic mass is 10.1. The number of hydrogen-bond acceptors (Lipinski definition) is 1. The van der Waals surface area contributed by atoms with Crippen LogP contribution in [0.4, 0.5) is 0 Å². The third-order valence-corrected chi connectivity index (χ3v) is 2.39. The van der Waals surface area contributed by atoms with Crippen molar-refractivity contribution < 1.29 is 0 Å². The summed E-state index contributed by atoms with van der Waals surface area (Å²) in [6, 6.07) is 8.33. The van der Waals surface area contributed by atoms with Crippen molar-refractivity contribution in [2.45, 2.75) is 18.4 Å². The van der Waals surface area contributed by atoms with Gasteiger partial charge < -0.3 is 5.73 Å². The van der Waals surface area contributed by atoms with E-state index in [9.17, 15) is 0 Å². The second kappa shape index (κ2) is 3.65. The van der Waals surface area contributed by atoms with E-state index in [1.807, 2.05) is 12.1 Å². The maximum atomic E-state index is 5.74. The molecule has 1 aromatic carbocycles. The summed E-state index contributed by atoms with van der Waals surface area (Å²) in [6.45, 7) is 0. The van der Waals surface area contributed by atoms with Crippen LogP contribution in [0, 0.1) is 0 Å². The first-order chi connectivity index (χ1) is 5.27. The van der Waals surface area contributed by atoms with E-state index in [4.69, 9.17) is 17.3 Å². The zero-order chi connectivity index (χ0) is 7.84. The smallest absolute Gasteiger partial charge is 0.0406 e. The molecule has 66 valence electrons. The molecule has 1 nitrogen and oxygen atoms in total. The minimum atomic E-state index is 0. The lowest BCUT2D eigenvalue weighted by Gasteiger charge is -1.96. The molecule has 1 fully saturated rings. The highest BCUT2D eigenvalue weighted by atomic mass is 35.5. The molecule has 0 saturated heterocycles. The molecule has 3 heteroatoms. The zero-order valence-electron chi connectivity index (χ0n) is 6.53. The van der Waals surface area contributed by atoms with Crippen LogP contribution in [-0.4, -0.2) is 6.04 Å². The van der Waals surface area contributed by atoms with Crippen LogP contribution in [0.1, 0.15) is 17.9 Å². The van der Waals surface area contributed by atoms with Crippen LogP contribution in [0.3, 0.4) is 0 Å². The molecular weight excluding hydrogens is 193 g/mol. The fourth-order valence-corrected chi connectivity index (χ4v) is 1.43. The van der Waals surface area contributed by atoms with Gasteiger partial charge in [0.15, 0.2) is 0 Å². The Morgan fingerprint density at radius 1 is 1.25 bits per heavy atom. The first-order valence-electron chi connectivity index (χ1n) is 3.78. The van der Waals surface area contributed by atoms with Gasteiger partial charge in [0.1, 0.15) is 0 Å². The van der Waals surface area contributed by atoms with Gasteiger partial charge >= 0.3 is 0 Å². The molecule has 12 heavy (non-hydrogen) atoms. The third kappa shape index (κ3) is 1.92. The van der Waals surface area contributed by atoms with Crippen LogP contribution in [0.25, 0.3) is 0 Å². The van der Waals surface area contributed by atoms with Gasteiger partial charge in [0, 0.05) is 17.0 Å². The highest BCUT2D eigenvalue weighted by Gasteiger charge is 2.34. The van der Waals surface area contributed by atoms with Crippen molar-refractivity contribution in [2.75, 3.05) is 0 Å². The second-order valence-corrected chi connectivity index (χ2v) is 3.49. The highest BCUT2D eigenvalue weighted by Crippen LogP contribution is 2.38. The van der Waals surface area contributed by atoms with Crippen molar-refractivity contribution in [3.05, 3.63) is 34.9 Å². The lowest BCUT2D eigenvalue weighted by molar-refractivity contribution is 0.991. The monoisotopic (exact) mass is 203 g/mol. The SMILES string of the molecule is Cl.N[C@H]1C[C@H]1c1ccc(Cl)cc1. The topological polar surface area (TPSA) is 26.0 Å². The number of rotatable bonds is 1. The van der Waals surface area contributed by atoms with Crippen molar-refractivity contribution in [1.29, 1.82) is 0 Å². The molecule has 0 radical (unpaired) electrons. The number of nitrogens with two attached hydrogens (primary N) is 1. The van der Waals surface area contributed by atoms with Crippen LogP contribution in [0.5, 0.6) is 0 Å². The van der Waals surface area contributed by atoms with Gasteiger partial charge in [-0.3, -0.25) is 0 Å². The third-order valence-electron chi connectivity index (χ3n) is 2.14. The van der Waals surface area contributed by atoms with Crippen LogP contribution in [0.2, 0.25) is 5.02 Å². The van der Waals surface area contributed by atoms with Gasteiger partial charge in [-0.1, -0.05) is 23.7 Å². The van der Waals surface area contributed by atoms with E-state index in [1.54, 1.807) is 0 Å². The van der Waals surface area contributed by atoms with Crippen molar-refractivity contribution in [3.8, 4) is 0 Å². The molecule has 1 aliphatic carbocycles. The maximum Gasteiger partial charge on any atom is 0.0406 e. The van der Waals surface area contributed by atoms with Gasteiger partial charge in [-0.2, -0.15) is 0 Å². The molecule has 0 unspecified atom stereocenters. The zero-order valence-corrected chi connectivity index (χ0v) is 8.11. The molecule has 0 aromatic heterocycles. The average molecular weight is 204 g/mol. The summed E-state index contributed by atoms with van der Waals surface area (Å²) >= 11 is 5.74. The Bertz CT molecular complexity index is 258. The van der Waals surface area contributed by atoms with Crippen LogP contribution in [-0.2, 0) is 0 Å². The van der Waals surface area contributed by atoms with Gasteiger partial charge in [-0.25, -0.2) is 0 Å². The fourth-order valence-electron chi connectivity index (χ4n) is 1.31. The average Bonchev–Trinajstić information content (AvgIpc) is 2.69. The molecule has 0 spiro atoms. The predicted octanol–water partition coefficient (Wildman–Crippen LogP) is 2.58. The quantitative estimate of drug-likeness (QED) is 0.747. The van der Waals surface area contributed by atoms with Crippen molar-refractivity contribution in [3.63, 3.8) is 0 Å². The normalized spacial score (nSPS) is 26.2. The van der Waals surface area contributed by atoms with E-state index in [0.29, 0.717) is 12.0 Å². The summed E-state index contributed by atoms with van der Waals surface area (Å²) < 4.78 is 0. The largest absolute Gasteiger partial charge is 0.327 e. The standard InChI is InChI=1S/C9H10ClN.ClH/c10-7-3-1-6(2-4-7)8-5-9(8)11;/h1-4,8-9H,5,11H2;1H/t8-,9-;/m0./s1. The summed E-state index contributed by atoms with van der Waals surface area (Å²) in [4.78, 5) is 0. The van der Waals surface area contributed by atoms with E-state index in [2.05, 4.69) is 12.1 Å². The van der Waals surface area contributed by atoms with Crippen LogP contribution in [0.15, 0.2) is 24.3 Å². The summed E-state index contributed by atoms with van der Waals surface area (Å²) in [5.74, 6) is 0.590. The van der Waals surface area contributed by atoms with E-state index < -0.39 is 0 Å². The Kier molecular flexibility index (Phi) is 2.99. The number of halogens is 2. The lowest BCUT2D eigenvalue weighted by Crippen LogP contribution is -2.00. The molecule has 1 aliphatic rings. The van der Waals surface area contributed by atoms with Gasteiger partial charge in [-0.15, -0.1) is 12.4 Å². The molecule has 0 aliphatic heterocycles. The molecule has 2 rings (SSSR count). The van der Waals surface area contributed by atoms with E-state index >= 15 is 0 Å².